The van der Waals surface area contributed by atoms with Crippen molar-refractivity contribution < 1.29 is 18.0 Å². The third-order valence-corrected chi connectivity index (χ3v) is 3.26. The van der Waals surface area contributed by atoms with Crippen molar-refractivity contribution in [1.82, 2.24) is 0 Å². The van der Waals surface area contributed by atoms with Gasteiger partial charge in [0.25, 0.3) is 0 Å². The predicted octanol–water partition coefficient (Wildman–Crippen LogP) is 3.79. The monoisotopic (exact) mass is 321 g/mol. The largest absolute Gasteiger partial charge is 0.405 e. The molecule has 2 nitrogen and oxygen atoms in total. The highest BCUT2D eigenvalue weighted by Gasteiger charge is 2.38. The normalized spacial score (nSPS) is 15.6. The fourth-order valence-electron chi connectivity index (χ4n) is 1.87. The molecule has 0 bridgehead atoms. The van der Waals surface area contributed by atoms with E-state index >= 15 is 0 Å². The van der Waals surface area contributed by atoms with Crippen LogP contribution in [0.1, 0.15) is 23.2 Å². The fourth-order valence-corrected chi connectivity index (χ4v) is 2.25. The van der Waals surface area contributed by atoms with Crippen LogP contribution in [0, 0.1) is 0 Å². The molecular formula is C12H11BrF3NO. The zero-order valence-corrected chi connectivity index (χ0v) is 11.0. The molecule has 0 amide bonds. The number of alkyl halides is 3. The Balaban J connectivity index is 2.33. The Morgan fingerprint density at radius 3 is 2.56 bits per heavy atom. The second kappa shape index (κ2) is 4.91. The molecule has 0 N–H and O–H groups in total. The Morgan fingerprint density at radius 2 is 2.06 bits per heavy atom. The summed E-state index contributed by atoms with van der Waals surface area (Å²) in [5, 5.41) is 0. The Bertz CT molecular complexity index is 457. The summed E-state index contributed by atoms with van der Waals surface area (Å²) in [6, 6.07) is 4.63. The van der Waals surface area contributed by atoms with Gasteiger partial charge in [-0.3, -0.25) is 4.79 Å². The molecule has 18 heavy (non-hydrogen) atoms. The van der Waals surface area contributed by atoms with Crippen LogP contribution >= 0.6 is 15.9 Å². The first kappa shape index (κ1) is 13.4. The molecule has 98 valence electrons. The fraction of sp³-hybridized carbons (Fsp3) is 0.417. The van der Waals surface area contributed by atoms with Crippen molar-refractivity contribution >= 4 is 27.9 Å². The van der Waals surface area contributed by atoms with Crippen LogP contribution < -0.4 is 4.90 Å². The van der Waals surface area contributed by atoms with E-state index in [1.54, 1.807) is 12.1 Å². The first-order chi connectivity index (χ1) is 8.40. The van der Waals surface area contributed by atoms with E-state index in [0.29, 0.717) is 16.4 Å². The van der Waals surface area contributed by atoms with Crippen molar-refractivity contribution in [1.29, 1.82) is 0 Å². The summed E-state index contributed by atoms with van der Waals surface area (Å²) in [7, 11) is 0. The van der Waals surface area contributed by atoms with Gasteiger partial charge >= 0.3 is 6.18 Å². The van der Waals surface area contributed by atoms with Crippen LogP contribution in [0.3, 0.4) is 0 Å². The molecule has 1 saturated carbocycles. The van der Waals surface area contributed by atoms with E-state index in [1.165, 1.54) is 11.0 Å². The van der Waals surface area contributed by atoms with Crippen molar-refractivity contribution in [3.63, 3.8) is 0 Å². The third kappa shape index (κ3) is 3.25. The second-order valence-corrected chi connectivity index (χ2v) is 5.21. The van der Waals surface area contributed by atoms with Crippen LogP contribution in [-0.2, 0) is 0 Å². The van der Waals surface area contributed by atoms with Crippen molar-refractivity contribution in [2.24, 2.45) is 0 Å². The summed E-state index contributed by atoms with van der Waals surface area (Å²) in [5.41, 5.74) is 0.633. The molecule has 0 aromatic heterocycles. The molecule has 6 heteroatoms. The van der Waals surface area contributed by atoms with Gasteiger partial charge in [-0.15, -0.1) is 0 Å². The van der Waals surface area contributed by atoms with Gasteiger partial charge in [0, 0.05) is 21.8 Å². The van der Waals surface area contributed by atoms with Gasteiger partial charge in [-0.2, -0.15) is 13.2 Å². The molecule has 2 rings (SSSR count). The van der Waals surface area contributed by atoms with Crippen LogP contribution in [-0.4, -0.2) is 25.0 Å². The van der Waals surface area contributed by atoms with Gasteiger partial charge in [-0.25, -0.2) is 0 Å². The SMILES string of the molecule is O=Cc1cc(Br)ccc1N(CC(F)(F)F)C1CC1. The topological polar surface area (TPSA) is 20.3 Å². The van der Waals surface area contributed by atoms with Gasteiger partial charge < -0.3 is 4.90 Å². The molecule has 1 fully saturated rings. The van der Waals surface area contributed by atoms with Gasteiger partial charge in [0.05, 0.1) is 0 Å². The summed E-state index contributed by atoms with van der Waals surface area (Å²) >= 11 is 3.20. The van der Waals surface area contributed by atoms with E-state index < -0.39 is 12.7 Å². The standard InChI is InChI=1S/C12H11BrF3NO/c13-9-1-4-11(8(5-9)6-18)17(10-2-3-10)7-12(14,15)16/h1,4-6,10H,2-3,7H2. The van der Waals surface area contributed by atoms with Crippen LogP contribution in [0.2, 0.25) is 0 Å². The number of anilines is 1. The Morgan fingerprint density at radius 1 is 1.39 bits per heavy atom. The highest BCUT2D eigenvalue weighted by molar-refractivity contribution is 9.10. The molecule has 0 heterocycles. The Hall–Kier alpha value is -1.04. The first-order valence-electron chi connectivity index (χ1n) is 5.49. The zero-order chi connectivity index (χ0) is 13.3. The summed E-state index contributed by atoms with van der Waals surface area (Å²) in [5.74, 6) is 0. The number of carbonyl (C=O) groups is 1. The molecule has 1 aliphatic carbocycles. The van der Waals surface area contributed by atoms with Crippen LogP contribution in [0.4, 0.5) is 18.9 Å². The molecule has 0 atom stereocenters. The Labute approximate surface area is 111 Å². The maximum Gasteiger partial charge on any atom is 0.405 e. The molecule has 0 radical (unpaired) electrons. The summed E-state index contributed by atoms with van der Waals surface area (Å²) in [4.78, 5) is 12.2. The van der Waals surface area contributed by atoms with Crippen LogP contribution in [0.15, 0.2) is 22.7 Å². The number of hydrogen-bond donors (Lipinski definition) is 0. The molecule has 1 aliphatic rings. The Kier molecular flexibility index (Phi) is 3.66. The van der Waals surface area contributed by atoms with Crippen LogP contribution in [0.5, 0.6) is 0 Å². The first-order valence-corrected chi connectivity index (χ1v) is 6.28. The van der Waals surface area contributed by atoms with E-state index in [4.69, 9.17) is 0 Å². The number of rotatable bonds is 4. The van der Waals surface area contributed by atoms with E-state index in [0.717, 1.165) is 12.8 Å². The lowest BCUT2D eigenvalue weighted by Gasteiger charge is -2.27. The highest BCUT2D eigenvalue weighted by Crippen LogP contribution is 2.36. The molecule has 0 spiro atoms. The second-order valence-electron chi connectivity index (χ2n) is 4.30. The number of halogens is 4. The molecule has 0 aliphatic heterocycles. The molecule has 1 aromatic carbocycles. The van der Waals surface area contributed by atoms with Gasteiger partial charge in [0.2, 0.25) is 0 Å². The molecule has 0 saturated heterocycles. The van der Waals surface area contributed by atoms with Gasteiger partial charge in [0.15, 0.2) is 6.29 Å². The predicted molar refractivity (Wildman–Crippen MR) is 66.0 cm³/mol. The maximum atomic E-state index is 12.6. The summed E-state index contributed by atoms with van der Waals surface area (Å²) in [6.07, 6.45) is -2.20. The summed E-state index contributed by atoms with van der Waals surface area (Å²) in [6.45, 7) is -1.01. The van der Waals surface area contributed by atoms with E-state index in [1.807, 2.05) is 0 Å². The van der Waals surface area contributed by atoms with E-state index in [2.05, 4.69) is 15.9 Å². The maximum absolute atomic E-state index is 12.6. The lowest BCUT2D eigenvalue weighted by atomic mass is 10.1. The van der Waals surface area contributed by atoms with Gasteiger partial charge in [0.1, 0.15) is 6.54 Å². The number of carbonyl (C=O) groups excluding carboxylic acids is 1. The quantitative estimate of drug-likeness (QED) is 0.786. The van der Waals surface area contributed by atoms with Gasteiger partial charge in [-0.1, -0.05) is 15.9 Å². The minimum Gasteiger partial charge on any atom is -0.359 e. The molecule has 1 aromatic rings. The highest BCUT2D eigenvalue weighted by atomic mass is 79.9. The summed E-state index contributed by atoms with van der Waals surface area (Å²) < 4.78 is 38.3. The van der Waals surface area contributed by atoms with E-state index in [9.17, 15) is 18.0 Å². The smallest absolute Gasteiger partial charge is 0.359 e. The molecular weight excluding hydrogens is 311 g/mol. The average Bonchev–Trinajstić information content (AvgIpc) is 3.08. The lowest BCUT2D eigenvalue weighted by molar-refractivity contribution is -0.120. The van der Waals surface area contributed by atoms with Crippen molar-refractivity contribution in [3.05, 3.63) is 28.2 Å². The van der Waals surface area contributed by atoms with Gasteiger partial charge in [-0.05, 0) is 31.0 Å². The zero-order valence-electron chi connectivity index (χ0n) is 9.38. The van der Waals surface area contributed by atoms with Crippen molar-refractivity contribution in [3.8, 4) is 0 Å². The third-order valence-electron chi connectivity index (χ3n) is 2.76. The number of nitrogens with zero attached hydrogens (tertiary/aromatic N) is 1. The van der Waals surface area contributed by atoms with Crippen LogP contribution in [0.25, 0.3) is 0 Å². The van der Waals surface area contributed by atoms with Crippen molar-refractivity contribution in [2.45, 2.75) is 25.1 Å². The number of benzene rings is 1. The average molecular weight is 322 g/mol. The minimum atomic E-state index is -4.27. The number of hydrogen-bond acceptors (Lipinski definition) is 2. The lowest BCUT2D eigenvalue weighted by Crippen LogP contribution is -2.36. The number of aldehydes is 1. The van der Waals surface area contributed by atoms with E-state index in [-0.39, 0.29) is 11.6 Å². The minimum absolute atomic E-state index is 0.105. The van der Waals surface area contributed by atoms with Crippen molar-refractivity contribution in [2.75, 3.05) is 11.4 Å². The molecule has 0 unspecified atom stereocenters.